The third-order valence-electron chi connectivity index (χ3n) is 3.50. The molecule has 1 saturated carbocycles. The lowest BCUT2D eigenvalue weighted by molar-refractivity contribution is -0.133. The van der Waals surface area contributed by atoms with Gasteiger partial charge in [0.1, 0.15) is 5.82 Å². The van der Waals surface area contributed by atoms with Crippen LogP contribution in [0.4, 0.5) is 0 Å². The van der Waals surface area contributed by atoms with Crippen LogP contribution in [0, 0.1) is 0 Å². The summed E-state index contributed by atoms with van der Waals surface area (Å²) in [7, 11) is 0. The fraction of sp³-hybridized carbons (Fsp3) is 0.769. The number of hydrogen-bond acceptors (Lipinski definition) is 4. The van der Waals surface area contributed by atoms with Crippen molar-refractivity contribution in [1.82, 2.24) is 14.8 Å². The van der Waals surface area contributed by atoms with Gasteiger partial charge in [-0.15, -0.1) is 10.2 Å². The fourth-order valence-corrected chi connectivity index (χ4v) is 3.43. The minimum Gasteiger partial charge on any atom is -0.481 e. The van der Waals surface area contributed by atoms with Gasteiger partial charge in [0.15, 0.2) is 5.16 Å². The van der Waals surface area contributed by atoms with E-state index in [4.69, 9.17) is 5.11 Å². The van der Waals surface area contributed by atoms with Gasteiger partial charge in [-0.2, -0.15) is 0 Å². The zero-order valence-electron chi connectivity index (χ0n) is 11.5. The van der Waals surface area contributed by atoms with Crippen LogP contribution in [0.15, 0.2) is 5.16 Å². The first-order valence-corrected chi connectivity index (χ1v) is 7.87. The Labute approximate surface area is 117 Å². The third-order valence-corrected chi connectivity index (χ3v) is 4.43. The Morgan fingerprint density at radius 1 is 1.37 bits per heavy atom. The van der Waals surface area contributed by atoms with Crippen molar-refractivity contribution >= 4 is 17.7 Å². The average molecular weight is 283 g/mol. The van der Waals surface area contributed by atoms with Crippen molar-refractivity contribution in [2.45, 2.75) is 63.1 Å². The Hall–Kier alpha value is -1.04. The number of rotatable bonds is 5. The number of nitrogens with zero attached hydrogens (tertiary/aromatic N) is 3. The first kappa shape index (κ1) is 14.4. The van der Waals surface area contributed by atoms with Gasteiger partial charge >= 0.3 is 5.97 Å². The molecule has 0 amide bonds. The second-order valence-corrected chi connectivity index (χ2v) is 6.26. The molecule has 1 aliphatic carbocycles. The predicted molar refractivity (Wildman–Crippen MR) is 74.6 cm³/mol. The van der Waals surface area contributed by atoms with Gasteiger partial charge in [0.05, 0.1) is 5.75 Å². The lowest BCUT2D eigenvalue weighted by Crippen LogP contribution is -2.14. The molecule has 0 radical (unpaired) electrons. The van der Waals surface area contributed by atoms with Gasteiger partial charge in [-0.3, -0.25) is 4.79 Å². The lowest BCUT2D eigenvalue weighted by atomic mass is 9.88. The molecule has 1 heterocycles. The molecule has 2 rings (SSSR count). The van der Waals surface area contributed by atoms with Crippen LogP contribution in [0.1, 0.15) is 63.7 Å². The smallest absolute Gasteiger partial charge is 0.313 e. The molecule has 5 nitrogen and oxygen atoms in total. The molecule has 0 saturated heterocycles. The minimum absolute atomic E-state index is 0.0372. The summed E-state index contributed by atoms with van der Waals surface area (Å²) < 4.78 is 2.11. The van der Waals surface area contributed by atoms with E-state index in [1.807, 2.05) is 0 Å². The van der Waals surface area contributed by atoms with Crippen LogP contribution in [-0.4, -0.2) is 31.6 Å². The normalized spacial score (nSPS) is 17.0. The summed E-state index contributed by atoms with van der Waals surface area (Å²) in [6.07, 6.45) is 6.18. The first-order chi connectivity index (χ1) is 9.09. The zero-order valence-corrected chi connectivity index (χ0v) is 12.3. The van der Waals surface area contributed by atoms with Gasteiger partial charge in [0, 0.05) is 12.0 Å². The molecular weight excluding hydrogens is 262 g/mol. The van der Waals surface area contributed by atoms with Crippen LogP contribution in [0.5, 0.6) is 0 Å². The van der Waals surface area contributed by atoms with Crippen molar-refractivity contribution in [2.75, 3.05) is 5.75 Å². The Kier molecular flexibility index (Phi) is 4.85. The number of carboxylic acid groups (broad SMARTS) is 1. The predicted octanol–water partition coefficient (Wildman–Crippen LogP) is 3.08. The summed E-state index contributed by atoms with van der Waals surface area (Å²) in [6, 6.07) is 0.267. The Balaban J connectivity index is 2.20. The molecule has 0 aromatic carbocycles. The molecule has 6 heteroatoms. The van der Waals surface area contributed by atoms with Gasteiger partial charge in [-0.25, -0.2) is 0 Å². The molecule has 19 heavy (non-hydrogen) atoms. The fourth-order valence-electron chi connectivity index (χ4n) is 2.64. The van der Waals surface area contributed by atoms with E-state index in [-0.39, 0.29) is 11.8 Å². The highest BCUT2D eigenvalue weighted by molar-refractivity contribution is 7.99. The Bertz CT molecular complexity index is 439. The van der Waals surface area contributed by atoms with Crippen molar-refractivity contribution < 1.29 is 9.90 Å². The Morgan fingerprint density at radius 3 is 2.63 bits per heavy atom. The van der Waals surface area contributed by atoms with E-state index in [1.165, 1.54) is 43.9 Å². The summed E-state index contributed by atoms with van der Waals surface area (Å²) in [5, 5.41) is 18.1. The molecule has 0 aliphatic heterocycles. The molecule has 1 aromatic heterocycles. The van der Waals surface area contributed by atoms with Crippen molar-refractivity contribution in [3.05, 3.63) is 5.82 Å². The molecule has 0 atom stereocenters. The van der Waals surface area contributed by atoms with Crippen LogP contribution >= 0.6 is 11.8 Å². The topological polar surface area (TPSA) is 68.0 Å². The highest BCUT2D eigenvalue weighted by Gasteiger charge is 2.24. The summed E-state index contributed by atoms with van der Waals surface area (Å²) in [4.78, 5) is 10.7. The van der Waals surface area contributed by atoms with Crippen LogP contribution in [0.25, 0.3) is 0 Å². The SMILES string of the molecule is CC(C)n1c(SCC(=O)O)nnc1C1CCCCC1. The maximum absolute atomic E-state index is 10.7. The standard InChI is InChI=1S/C13H21N3O2S/c1-9(2)16-12(10-6-4-3-5-7-10)14-15-13(16)19-8-11(17)18/h9-10H,3-8H2,1-2H3,(H,17,18). The summed E-state index contributed by atoms with van der Waals surface area (Å²) in [6.45, 7) is 4.20. The molecule has 1 aliphatic rings. The summed E-state index contributed by atoms with van der Waals surface area (Å²) >= 11 is 1.26. The second kappa shape index (κ2) is 6.41. The first-order valence-electron chi connectivity index (χ1n) is 6.89. The van der Waals surface area contributed by atoms with Gasteiger partial charge in [-0.05, 0) is 26.7 Å². The summed E-state index contributed by atoms with van der Waals surface area (Å²) in [5.41, 5.74) is 0. The van der Waals surface area contributed by atoms with Gasteiger partial charge < -0.3 is 9.67 Å². The molecule has 1 N–H and O–H groups in total. The van der Waals surface area contributed by atoms with E-state index in [0.29, 0.717) is 5.92 Å². The van der Waals surface area contributed by atoms with Crippen molar-refractivity contribution in [2.24, 2.45) is 0 Å². The van der Waals surface area contributed by atoms with E-state index in [0.717, 1.165) is 11.0 Å². The molecule has 106 valence electrons. The van der Waals surface area contributed by atoms with Crippen LogP contribution < -0.4 is 0 Å². The summed E-state index contributed by atoms with van der Waals surface area (Å²) in [5.74, 6) is 0.753. The number of thioether (sulfide) groups is 1. The maximum atomic E-state index is 10.7. The number of aromatic nitrogens is 3. The number of aliphatic carboxylic acids is 1. The lowest BCUT2D eigenvalue weighted by Gasteiger charge is -2.23. The molecule has 0 spiro atoms. The van der Waals surface area contributed by atoms with Crippen molar-refractivity contribution in [3.63, 3.8) is 0 Å². The van der Waals surface area contributed by atoms with E-state index in [2.05, 4.69) is 28.6 Å². The van der Waals surface area contributed by atoms with Gasteiger partial charge in [0.2, 0.25) is 0 Å². The average Bonchev–Trinajstić information content (AvgIpc) is 2.81. The van der Waals surface area contributed by atoms with Gasteiger partial charge in [0.25, 0.3) is 0 Å². The molecule has 0 bridgehead atoms. The maximum Gasteiger partial charge on any atom is 0.313 e. The van der Waals surface area contributed by atoms with E-state index in [1.54, 1.807) is 0 Å². The number of hydrogen-bond donors (Lipinski definition) is 1. The zero-order chi connectivity index (χ0) is 13.8. The largest absolute Gasteiger partial charge is 0.481 e. The van der Waals surface area contributed by atoms with Crippen molar-refractivity contribution in [3.8, 4) is 0 Å². The van der Waals surface area contributed by atoms with E-state index in [9.17, 15) is 4.79 Å². The van der Waals surface area contributed by atoms with Crippen LogP contribution in [-0.2, 0) is 4.79 Å². The van der Waals surface area contributed by atoms with E-state index >= 15 is 0 Å². The van der Waals surface area contributed by atoms with E-state index < -0.39 is 5.97 Å². The highest BCUT2D eigenvalue weighted by Crippen LogP contribution is 2.34. The Morgan fingerprint density at radius 2 is 2.05 bits per heavy atom. The second-order valence-electron chi connectivity index (χ2n) is 5.32. The van der Waals surface area contributed by atoms with Gasteiger partial charge in [-0.1, -0.05) is 31.0 Å². The highest BCUT2D eigenvalue weighted by atomic mass is 32.2. The van der Waals surface area contributed by atoms with Crippen LogP contribution in [0.2, 0.25) is 0 Å². The molecular formula is C13H21N3O2S. The monoisotopic (exact) mass is 283 g/mol. The van der Waals surface area contributed by atoms with Crippen molar-refractivity contribution in [1.29, 1.82) is 0 Å². The molecule has 0 unspecified atom stereocenters. The quantitative estimate of drug-likeness (QED) is 0.841. The molecule has 1 fully saturated rings. The number of carbonyl (C=O) groups is 1. The molecule has 1 aromatic rings. The van der Waals surface area contributed by atoms with Crippen LogP contribution in [0.3, 0.4) is 0 Å². The third kappa shape index (κ3) is 3.49. The number of carboxylic acids is 1. The minimum atomic E-state index is -0.817.